The van der Waals surface area contributed by atoms with Crippen LogP contribution in [-0.4, -0.2) is 13.2 Å². The molecule has 0 amide bonds. The Morgan fingerprint density at radius 3 is 2.67 bits per heavy atom. The monoisotopic (exact) mass is 279 g/mol. The topological polar surface area (TPSA) is 21.3 Å². The largest absolute Gasteiger partial charge is 0.492 e. The van der Waals surface area contributed by atoms with Crippen molar-refractivity contribution in [2.24, 2.45) is 5.92 Å². The van der Waals surface area contributed by atoms with Gasteiger partial charge in [-0.2, -0.15) is 0 Å². The summed E-state index contributed by atoms with van der Waals surface area (Å²) in [5, 5.41) is 3.42. The molecule has 1 heterocycles. The zero-order valence-electron chi connectivity index (χ0n) is 12.4. The van der Waals surface area contributed by atoms with Gasteiger partial charge < -0.3 is 10.1 Å². The Morgan fingerprint density at radius 1 is 1.00 bits per heavy atom. The van der Waals surface area contributed by atoms with Crippen LogP contribution < -0.4 is 10.1 Å². The van der Waals surface area contributed by atoms with Gasteiger partial charge in [-0.15, -0.1) is 0 Å². The molecule has 2 aromatic rings. The predicted molar refractivity (Wildman–Crippen MR) is 84.7 cm³/mol. The van der Waals surface area contributed by atoms with Crippen LogP contribution in [0.2, 0.25) is 0 Å². The highest BCUT2D eigenvalue weighted by Crippen LogP contribution is 2.60. The first-order chi connectivity index (χ1) is 10.3. The van der Waals surface area contributed by atoms with Crippen LogP contribution in [0.5, 0.6) is 5.75 Å². The summed E-state index contributed by atoms with van der Waals surface area (Å²) in [6.07, 6.45) is 0. The highest BCUT2D eigenvalue weighted by Gasteiger charge is 2.48. The van der Waals surface area contributed by atoms with E-state index in [1.807, 2.05) is 0 Å². The molecule has 0 saturated heterocycles. The molecule has 108 valence electrons. The van der Waals surface area contributed by atoms with E-state index in [-0.39, 0.29) is 0 Å². The number of benzene rings is 2. The molecular weight excluding hydrogens is 258 g/mol. The smallest absolute Gasteiger partial charge is 0.123 e. The third-order valence-electron chi connectivity index (χ3n) is 4.88. The van der Waals surface area contributed by atoms with Crippen LogP contribution in [0.3, 0.4) is 0 Å². The van der Waals surface area contributed by atoms with Crippen molar-refractivity contribution in [3.63, 3.8) is 0 Å². The number of hydrogen-bond acceptors (Lipinski definition) is 2. The third kappa shape index (κ3) is 2.34. The maximum Gasteiger partial charge on any atom is 0.123 e. The summed E-state index contributed by atoms with van der Waals surface area (Å²) in [6.45, 7) is 4.97. The first-order valence-electron chi connectivity index (χ1n) is 7.86. The lowest BCUT2D eigenvalue weighted by molar-refractivity contribution is 0.325. The van der Waals surface area contributed by atoms with Crippen molar-refractivity contribution in [2.75, 3.05) is 13.2 Å². The summed E-state index contributed by atoms with van der Waals surface area (Å²) in [5.41, 5.74) is 4.23. The van der Waals surface area contributed by atoms with E-state index in [2.05, 4.69) is 60.8 Å². The van der Waals surface area contributed by atoms with Crippen LogP contribution in [-0.2, 0) is 6.54 Å². The molecule has 0 bridgehead atoms. The predicted octanol–water partition coefficient (Wildman–Crippen LogP) is 3.69. The first-order valence-corrected chi connectivity index (χ1v) is 7.86. The molecule has 2 aliphatic rings. The summed E-state index contributed by atoms with van der Waals surface area (Å²) >= 11 is 0. The lowest BCUT2D eigenvalue weighted by Crippen LogP contribution is -2.16. The van der Waals surface area contributed by atoms with E-state index in [0.29, 0.717) is 11.8 Å². The molecule has 1 aliphatic heterocycles. The first kappa shape index (κ1) is 12.9. The van der Waals surface area contributed by atoms with E-state index in [9.17, 15) is 0 Å². The fourth-order valence-electron chi connectivity index (χ4n) is 3.70. The van der Waals surface area contributed by atoms with Crippen LogP contribution in [0.25, 0.3) is 0 Å². The number of rotatable bonds is 2. The lowest BCUT2D eigenvalue weighted by Gasteiger charge is -2.09. The number of ether oxygens (including phenoxy) is 1. The van der Waals surface area contributed by atoms with Gasteiger partial charge in [-0.05, 0) is 34.9 Å². The Hall–Kier alpha value is -1.80. The van der Waals surface area contributed by atoms with Crippen LogP contribution in [0.15, 0.2) is 48.5 Å². The molecule has 0 spiro atoms. The van der Waals surface area contributed by atoms with Crippen molar-refractivity contribution < 1.29 is 4.74 Å². The SMILES string of the molecule is C[C@@H]1[C@H](c2ccccc2)[C@H]1c1ccc2c(c1)CNCCO2. The fourth-order valence-corrected chi connectivity index (χ4v) is 3.70. The molecule has 1 N–H and O–H groups in total. The van der Waals surface area contributed by atoms with E-state index in [1.54, 1.807) is 0 Å². The Kier molecular flexibility index (Phi) is 3.19. The second kappa shape index (κ2) is 5.19. The molecule has 2 nitrogen and oxygen atoms in total. The van der Waals surface area contributed by atoms with Crippen molar-refractivity contribution in [1.82, 2.24) is 5.32 Å². The van der Waals surface area contributed by atoms with E-state index in [0.717, 1.165) is 31.4 Å². The zero-order valence-corrected chi connectivity index (χ0v) is 12.4. The van der Waals surface area contributed by atoms with Gasteiger partial charge in [-0.3, -0.25) is 0 Å². The van der Waals surface area contributed by atoms with Gasteiger partial charge in [0.15, 0.2) is 0 Å². The van der Waals surface area contributed by atoms with Gasteiger partial charge in [-0.25, -0.2) is 0 Å². The van der Waals surface area contributed by atoms with E-state index in [4.69, 9.17) is 4.74 Å². The second-order valence-electron chi connectivity index (χ2n) is 6.21. The normalized spacial score (nSPS) is 27.4. The number of fused-ring (bicyclic) bond motifs is 1. The highest BCUT2D eigenvalue weighted by atomic mass is 16.5. The number of hydrogen-bond donors (Lipinski definition) is 1. The Morgan fingerprint density at radius 2 is 1.81 bits per heavy atom. The molecule has 1 aliphatic carbocycles. The fraction of sp³-hybridized carbons (Fsp3) is 0.368. The van der Waals surface area contributed by atoms with Gasteiger partial charge in [0.25, 0.3) is 0 Å². The van der Waals surface area contributed by atoms with E-state index in [1.165, 1.54) is 16.7 Å². The summed E-state index contributed by atoms with van der Waals surface area (Å²) in [6, 6.07) is 17.7. The Labute approximate surface area is 126 Å². The van der Waals surface area contributed by atoms with Crippen LogP contribution in [0.4, 0.5) is 0 Å². The van der Waals surface area contributed by atoms with Crippen molar-refractivity contribution in [3.8, 4) is 5.75 Å². The highest BCUT2D eigenvalue weighted by molar-refractivity contribution is 5.44. The molecule has 4 rings (SSSR count). The van der Waals surface area contributed by atoms with Crippen molar-refractivity contribution >= 4 is 0 Å². The van der Waals surface area contributed by atoms with Crippen LogP contribution in [0.1, 0.15) is 35.4 Å². The molecular formula is C19H21NO. The Bertz CT molecular complexity index is 637. The van der Waals surface area contributed by atoms with Gasteiger partial charge in [0, 0.05) is 18.7 Å². The maximum absolute atomic E-state index is 5.78. The zero-order chi connectivity index (χ0) is 14.2. The summed E-state index contributed by atoms with van der Waals surface area (Å²) in [5.74, 6) is 3.10. The molecule has 2 aromatic carbocycles. The van der Waals surface area contributed by atoms with E-state index >= 15 is 0 Å². The maximum atomic E-state index is 5.78. The average molecular weight is 279 g/mol. The minimum Gasteiger partial charge on any atom is -0.492 e. The van der Waals surface area contributed by atoms with Crippen molar-refractivity contribution in [2.45, 2.75) is 25.3 Å². The average Bonchev–Trinajstić information content (AvgIpc) is 3.24. The molecule has 0 aromatic heterocycles. The minimum atomic E-state index is 0.654. The lowest BCUT2D eigenvalue weighted by atomic mass is 10.0. The van der Waals surface area contributed by atoms with Gasteiger partial charge in [0.1, 0.15) is 12.4 Å². The van der Waals surface area contributed by atoms with Crippen molar-refractivity contribution in [3.05, 3.63) is 65.2 Å². The standard InChI is InChI=1S/C19H21NO/c1-13-18(14-5-3-2-4-6-14)19(13)15-7-8-17-16(11-15)12-20-9-10-21-17/h2-8,11,13,18-20H,9-10,12H2,1H3/t13-,18-,19-/m1/s1. The molecule has 0 unspecified atom stereocenters. The molecule has 1 fully saturated rings. The summed E-state index contributed by atoms with van der Waals surface area (Å²) < 4.78 is 5.78. The Balaban J connectivity index is 1.62. The summed E-state index contributed by atoms with van der Waals surface area (Å²) in [4.78, 5) is 0. The molecule has 2 heteroatoms. The van der Waals surface area contributed by atoms with Crippen LogP contribution >= 0.6 is 0 Å². The second-order valence-corrected chi connectivity index (χ2v) is 6.21. The van der Waals surface area contributed by atoms with E-state index < -0.39 is 0 Å². The quantitative estimate of drug-likeness (QED) is 0.905. The third-order valence-corrected chi connectivity index (χ3v) is 4.88. The van der Waals surface area contributed by atoms with Gasteiger partial charge in [0.2, 0.25) is 0 Å². The summed E-state index contributed by atoms with van der Waals surface area (Å²) in [7, 11) is 0. The molecule has 21 heavy (non-hydrogen) atoms. The van der Waals surface area contributed by atoms with Gasteiger partial charge in [0.05, 0.1) is 0 Å². The number of nitrogens with one attached hydrogen (secondary N) is 1. The molecule has 1 saturated carbocycles. The molecule has 3 atom stereocenters. The van der Waals surface area contributed by atoms with Gasteiger partial charge >= 0.3 is 0 Å². The van der Waals surface area contributed by atoms with Crippen LogP contribution in [0, 0.1) is 5.92 Å². The van der Waals surface area contributed by atoms with Crippen molar-refractivity contribution in [1.29, 1.82) is 0 Å². The molecule has 0 radical (unpaired) electrons. The minimum absolute atomic E-state index is 0.654. The van der Waals surface area contributed by atoms with Gasteiger partial charge in [-0.1, -0.05) is 49.4 Å².